The van der Waals surface area contributed by atoms with Gasteiger partial charge in [0.05, 0.1) is 24.5 Å². The Labute approximate surface area is 196 Å². The Kier molecular flexibility index (Phi) is 7.19. The quantitative estimate of drug-likeness (QED) is 0.633. The molecule has 0 N–H and O–H groups in total. The average Bonchev–Trinajstić information content (AvgIpc) is 2.79. The van der Waals surface area contributed by atoms with E-state index in [9.17, 15) is 14.0 Å². The molecule has 0 radical (unpaired) electrons. The molecule has 3 heterocycles. The van der Waals surface area contributed by atoms with E-state index in [0.29, 0.717) is 44.1 Å². The molecule has 1 unspecified atom stereocenters. The number of rotatable bonds is 6. The first-order valence-electron chi connectivity index (χ1n) is 11.2. The molecule has 0 saturated carbocycles. The number of ether oxygens (including phenoxy) is 2. The summed E-state index contributed by atoms with van der Waals surface area (Å²) in [6.07, 6.45) is 3.65. The van der Waals surface area contributed by atoms with Gasteiger partial charge in [-0.2, -0.15) is 9.78 Å². The number of anilines is 1. The van der Waals surface area contributed by atoms with Crippen molar-refractivity contribution in [3.05, 3.63) is 51.2 Å². The molecule has 2 saturated heterocycles. The second kappa shape index (κ2) is 10.1. The van der Waals surface area contributed by atoms with Crippen molar-refractivity contribution in [2.24, 2.45) is 0 Å². The number of aromatic nitrogens is 2. The van der Waals surface area contributed by atoms with Crippen molar-refractivity contribution in [2.45, 2.75) is 52.0 Å². The molecule has 8 nitrogen and oxygen atoms in total. The monoisotopic (exact) mass is 478 g/mol. The summed E-state index contributed by atoms with van der Waals surface area (Å²) in [6, 6.07) is 4.34. The van der Waals surface area contributed by atoms with Gasteiger partial charge < -0.3 is 19.3 Å². The van der Waals surface area contributed by atoms with Gasteiger partial charge in [-0.25, -0.2) is 4.39 Å². The summed E-state index contributed by atoms with van der Waals surface area (Å²) in [5.74, 6) is -0.0843. The van der Waals surface area contributed by atoms with Crippen LogP contribution < -0.4 is 15.2 Å². The van der Waals surface area contributed by atoms with Crippen LogP contribution in [0, 0.1) is 5.82 Å². The zero-order valence-corrected chi connectivity index (χ0v) is 19.6. The Bertz CT molecular complexity index is 1070. The predicted octanol–water partition coefficient (Wildman–Crippen LogP) is 3.37. The largest absolute Gasteiger partial charge is 0.491 e. The SMILES string of the molecule is CC(C)Oc1cc(F)ccc1CN1CCN(c2cnn(C3CCCCO3)c(=O)c2Cl)CC1=O. The van der Waals surface area contributed by atoms with E-state index in [4.69, 9.17) is 21.1 Å². The molecule has 2 fully saturated rings. The minimum absolute atomic E-state index is 0.0339. The van der Waals surface area contributed by atoms with Crippen molar-refractivity contribution in [1.29, 1.82) is 0 Å². The van der Waals surface area contributed by atoms with Gasteiger partial charge >= 0.3 is 0 Å². The van der Waals surface area contributed by atoms with Crippen molar-refractivity contribution in [3.63, 3.8) is 0 Å². The van der Waals surface area contributed by atoms with Crippen LogP contribution in [0.15, 0.2) is 29.2 Å². The van der Waals surface area contributed by atoms with E-state index < -0.39 is 11.8 Å². The summed E-state index contributed by atoms with van der Waals surface area (Å²) >= 11 is 6.40. The summed E-state index contributed by atoms with van der Waals surface area (Å²) in [5, 5.41) is 4.31. The van der Waals surface area contributed by atoms with Gasteiger partial charge in [-0.1, -0.05) is 17.7 Å². The number of carbonyl (C=O) groups excluding carboxylic acids is 1. The molecule has 178 valence electrons. The van der Waals surface area contributed by atoms with Gasteiger partial charge in [0.15, 0.2) is 6.23 Å². The van der Waals surface area contributed by atoms with Crippen LogP contribution in [0.2, 0.25) is 5.02 Å². The van der Waals surface area contributed by atoms with Gasteiger partial charge in [-0.05, 0) is 39.2 Å². The Morgan fingerprint density at radius 3 is 2.79 bits per heavy atom. The third-order valence-corrected chi connectivity index (χ3v) is 6.12. The molecule has 10 heteroatoms. The van der Waals surface area contributed by atoms with Crippen LogP contribution in [0.5, 0.6) is 5.75 Å². The van der Waals surface area contributed by atoms with Gasteiger partial charge in [-0.15, -0.1) is 0 Å². The maximum absolute atomic E-state index is 13.7. The molecular weight excluding hydrogens is 451 g/mol. The fraction of sp³-hybridized carbons (Fsp3) is 0.522. The molecule has 0 spiro atoms. The first-order valence-corrected chi connectivity index (χ1v) is 11.6. The highest BCUT2D eigenvalue weighted by Crippen LogP contribution is 2.27. The van der Waals surface area contributed by atoms with E-state index in [0.717, 1.165) is 18.4 Å². The van der Waals surface area contributed by atoms with Crippen LogP contribution in [-0.2, 0) is 16.1 Å². The highest BCUT2D eigenvalue weighted by atomic mass is 35.5. The van der Waals surface area contributed by atoms with Crippen molar-refractivity contribution in [3.8, 4) is 5.75 Å². The molecular formula is C23H28ClFN4O4. The van der Waals surface area contributed by atoms with Gasteiger partial charge in [-0.3, -0.25) is 9.59 Å². The van der Waals surface area contributed by atoms with Crippen molar-refractivity contribution in [1.82, 2.24) is 14.7 Å². The average molecular weight is 479 g/mol. The summed E-state index contributed by atoms with van der Waals surface area (Å²) in [7, 11) is 0. The Morgan fingerprint density at radius 1 is 1.27 bits per heavy atom. The zero-order chi connectivity index (χ0) is 23.5. The van der Waals surface area contributed by atoms with Crippen LogP contribution in [0.4, 0.5) is 10.1 Å². The molecule has 2 aliphatic heterocycles. The lowest BCUT2D eigenvalue weighted by Gasteiger charge is -2.36. The fourth-order valence-corrected chi connectivity index (χ4v) is 4.34. The molecule has 1 aromatic carbocycles. The smallest absolute Gasteiger partial charge is 0.290 e. The molecule has 33 heavy (non-hydrogen) atoms. The summed E-state index contributed by atoms with van der Waals surface area (Å²) < 4.78 is 26.3. The molecule has 2 aliphatic rings. The zero-order valence-electron chi connectivity index (χ0n) is 18.8. The molecule has 0 aliphatic carbocycles. The van der Waals surface area contributed by atoms with Crippen molar-refractivity contribution < 1.29 is 18.7 Å². The summed E-state index contributed by atoms with van der Waals surface area (Å²) in [6.45, 7) is 5.59. The number of hydrogen-bond acceptors (Lipinski definition) is 6. The Hall–Kier alpha value is -2.65. The number of nitrogens with zero attached hydrogens (tertiary/aromatic N) is 4. The summed E-state index contributed by atoms with van der Waals surface area (Å²) in [4.78, 5) is 29.1. The molecule has 4 rings (SSSR count). The third kappa shape index (κ3) is 5.30. The molecule has 0 bridgehead atoms. The second-order valence-electron chi connectivity index (χ2n) is 8.57. The fourth-order valence-electron chi connectivity index (χ4n) is 4.09. The number of halogens is 2. The topological polar surface area (TPSA) is 76.9 Å². The van der Waals surface area contributed by atoms with Gasteiger partial charge in [0.25, 0.3) is 5.56 Å². The lowest BCUT2D eigenvalue weighted by Crippen LogP contribution is -2.50. The maximum Gasteiger partial charge on any atom is 0.290 e. The molecule has 1 aromatic heterocycles. The number of carbonyl (C=O) groups is 1. The van der Waals surface area contributed by atoms with Crippen LogP contribution in [0.1, 0.15) is 44.9 Å². The van der Waals surface area contributed by atoms with E-state index in [2.05, 4.69) is 5.10 Å². The minimum atomic E-state index is -0.419. The number of amides is 1. The molecule has 2 aromatic rings. The predicted molar refractivity (Wildman–Crippen MR) is 122 cm³/mol. The van der Waals surface area contributed by atoms with Gasteiger partial charge in [0, 0.05) is 37.9 Å². The third-order valence-electron chi connectivity index (χ3n) is 5.77. The minimum Gasteiger partial charge on any atom is -0.491 e. The van der Waals surface area contributed by atoms with E-state index in [1.54, 1.807) is 15.9 Å². The van der Waals surface area contributed by atoms with Gasteiger partial charge in [0.2, 0.25) is 5.91 Å². The van der Waals surface area contributed by atoms with Crippen LogP contribution in [0.25, 0.3) is 0 Å². The van der Waals surface area contributed by atoms with Crippen LogP contribution >= 0.6 is 11.6 Å². The van der Waals surface area contributed by atoms with Crippen LogP contribution in [-0.4, -0.2) is 52.9 Å². The number of hydrogen-bond donors (Lipinski definition) is 0. The van der Waals surface area contributed by atoms with Crippen molar-refractivity contribution >= 4 is 23.2 Å². The normalized spacial score (nSPS) is 19.3. The Balaban J connectivity index is 1.46. The number of benzene rings is 1. The van der Waals surface area contributed by atoms with E-state index in [1.165, 1.54) is 23.0 Å². The summed E-state index contributed by atoms with van der Waals surface area (Å²) in [5.41, 5.74) is 0.756. The Morgan fingerprint density at radius 2 is 2.09 bits per heavy atom. The molecule has 1 atom stereocenters. The van der Waals surface area contributed by atoms with Crippen molar-refractivity contribution in [2.75, 3.05) is 31.1 Å². The van der Waals surface area contributed by atoms with E-state index >= 15 is 0 Å². The first-order chi connectivity index (χ1) is 15.8. The molecule has 1 amide bonds. The second-order valence-corrected chi connectivity index (χ2v) is 8.95. The highest BCUT2D eigenvalue weighted by Gasteiger charge is 2.28. The highest BCUT2D eigenvalue weighted by molar-refractivity contribution is 6.33. The lowest BCUT2D eigenvalue weighted by molar-refractivity contribution is -0.131. The standard InChI is InChI=1S/C23H28ClFN4O4/c1-15(2)33-19-11-17(25)7-6-16(19)13-28-9-8-27(14-20(28)30)18-12-26-29(23(31)22(18)24)21-5-3-4-10-32-21/h6-7,11-12,15,21H,3-5,8-10,13-14H2,1-2H3. The first kappa shape index (κ1) is 23.5. The lowest BCUT2D eigenvalue weighted by atomic mass is 10.1. The maximum atomic E-state index is 13.7. The van der Waals surface area contributed by atoms with Gasteiger partial charge in [0.1, 0.15) is 16.6 Å². The van der Waals surface area contributed by atoms with E-state index in [1.807, 2.05) is 13.8 Å². The van der Waals surface area contributed by atoms with E-state index in [-0.39, 0.29) is 29.4 Å². The number of piperazine rings is 1. The van der Waals surface area contributed by atoms with Crippen LogP contribution in [0.3, 0.4) is 0 Å².